The first-order valence-electron chi connectivity index (χ1n) is 11.6. The predicted octanol–water partition coefficient (Wildman–Crippen LogP) is 3.69. The maximum absolute atomic E-state index is 15.1. The van der Waals surface area contributed by atoms with Gasteiger partial charge in [-0.15, -0.1) is 0 Å². The lowest BCUT2D eigenvalue weighted by Gasteiger charge is -2.41. The van der Waals surface area contributed by atoms with E-state index in [0.717, 1.165) is 11.1 Å². The van der Waals surface area contributed by atoms with Gasteiger partial charge in [0, 0.05) is 13.1 Å². The number of amides is 1. The molecule has 1 aliphatic rings. The second-order valence-electron chi connectivity index (χ2n) is 8.63. The van der Waals surface area contributed by atoms with Crippen LogP contribution in [0.1, 0.15) is 55.9 Å². The summed E-state index contributed by atoms with van der Waals surface area (Å²) in [5.74, 6) is -0.774. The number of carbonyl (C=O) groups excluding carboxylic acids is 1. The largest absolute Gasteiger partial charge is 0.388 e. The van der Waals surface area contributed by atoms with Crippen LogP contribution in [0.4, 0.5) is 4.39 Å². The van der Waals surface area contributed by atoms with E-state index in [2.05, 4.69) is 10.6 Å². The minimum absolute atomic E-state index is 0.117. The second-order valence-corrected chi connectivity index (χ2v) is 8.63. The van der Waals surface area contributed by atoms with Gasteiger partial charge in [0.05, 0.1) is 18.2 Å². The van der Waals surface area contributed by atoms with Crippen molar-refractivity contribution in [2.24, 2.45) is 11.8 Å². The van der Waals surface area contributed by atoms with Gasteiger partial charge >= 0.3 is 0 Å². The lowest BCUT2D eigenvalue weighted by molar-refractivity contribution is -0.127. The minimum atomic E-state index is -1.11. The summed E-state index contributed by atoms with van der Waals surface area (Å²) in [5, 5.41) is 27.2. The molecule has 1 aliphatic heterocycles. The lowest BCUT2D eigenvalue weighted by Crippen LogP contribution is -2.58. The molecule has 1 saturated heterocycles. The van der Waals surface area contributed by atoms with Crippen LogP contribution in [-0.2, 0) is 4.79 Å². The van der Waals surface area contributed by atoms with E-state index in [4.69, 9.17) is 0 Å². The van der Waals surface area contributed by atoms with E-state index < -0.39 is 24.4 Å². The molecule has 1 fully saturated rings. The fourth-order valence-electron chi connectivity index (χ4n) is 4.79. The summed E-state index contributed by atoms with van der Waals surface area (Å²) in [6.45, 7) is 2.49. The average molecular weight is 443 g/mol. The van der Waals surface area contributed by atoms with Crippen molar-refractivity contribution in [2.75, 3.05) is 13.1 Å². The zero-order valence-electron chi connectivity index (χ0n) is 18.7. The molecule has 1 amide bonds. The highest BCUT2D eigenvalue weighted by Crippen LogP contribution is 2.37. The van der Waals surface area contributed by atoms with Gasteiger partial charge in [-0.3, -0.25) is 4.79 Å². The predicted molar refractivity (Wildman–Crippen MR) is 124 cm³/mol. The second kappa shape index (κ2) is 12.1. The number of nitrogens with one attached hydrogen (secondary N) is 2. The molecule has 174 valence electrons. The number of aliphatic hydroxyl groups excluding tert-OH is 2. The summed E-state index contributed by atoms with van der Waals surface area (Å²) in [7, 11) is 0. The van der Waals surface area contributed by atoms with Gasteiger partial charge < -0.3 is 20.8 Å². The highest BCUT2D eigenvalue weighted by atomic mass is 19.1. The summed E-state index contributed by atoms with van der Waals surface area (Å²) in [4.78, 5) is 12.7. The first-order chi connectivity index (χ1) is 15.5. The number of aliphatic hydroxyl groups is 2. The van der Waals surface area contributed by atoms with E-state index in [1.165, 1.54) is 0 Å². The summed E-state index contributed by atoms with van der Waals surface area (Å²) in [5.41, 5.74) is 1.63. The van der Waals surface area contributed by atoms with Crippen LogP contribution in [0.3, 0.4) is 0 Å². The van der Waals surface area contributed by atoms with E-state index in [1.54, 1.807) is 0 Å². The van der Waals surface area contributed by atoms with Crippen molar-refractivity contribution in [2.45, 2.75) is 57.0 Å². The van der Waals surface area contributed by atoms with Crippen LogP contribution in [0, 0.1) is 11.8 Å². The van der Waals surface area contributed by atoms with Crippen LogP contribution in [0.15, 0.2) is 60.7 Å². The number of likely N-dealkylation sites (N-methyl/N-ethyl adjacent to an activating group) is 1. The van der Waals surface area contributed by atoms with E-state index >= 15 is 4.39 Å². The number of hydrogen-bond acceptors (Lipinski definition) is 4. The number of benzene rings is 2. The quantitative estimate of drug-likeness (QED) is 0.452. The number of piperidine rings is 1. The van der Waals surface area contributed by atoms with Gasteiger partial charge in [0.15, 0.2) is 0 Å². The van der Waals surface area contributed by atoms with Crippen LogP contribution in [0.2, 0.25) is 0 Å². The summed E-state index contributed by atoms with van der Waals surface area (Å²) >= 11 is 0. The molecule has 0 bridgehead atoms. The third-order valence-corrected chi connectivity index (χ3v) is 6.52. The van der Waals surface area contributed by atoms with E-state index in [1.807, 2.05) is 67.6 Å². The smallest absolute Gasteiger partial charge is 0.237 e. The number of carbonyl (C=O) groups is 1. The van der Waals surface area contributed by atoms with E-state index in [-0.39, 0.29) is 24.3 Å². The SMILES string of the molecule is CCNC(=O)[C@H]1NC[C@H](F)[C@H](CCC(O)c2ccccc2)[C@H]1CCC(O)c1ccccc1. The molecular weight excluding hydrogens is 407 g/mol. The molecule has 32 heavy (non-hydrogen) atoms. The number of alkyl halides is 1. The highest BCUT2D eigenvalue weighted by molar-refractivity contribution is 5.82. The van der Waals surface area contributed by atoms with E-state index in [0.29, 0.717) is 32.2 Å². The Hall–Kier alpha value is -2.28. The molecule has 0 aliphatic carbocycles. The molecular formula is C26H35FN2O3. The van der Waals surface area contributed by atoms with Crippen molar-refractivity contribution in [1.82, 2.24) is 10.6 Å². The Balaban J connectivity index is 1.72. The van der Waals surface area contributed by atoms with Gasteiger partial charge in [0.25, 0.3) is 0 Å². The number of halogens is 1. The van der Waals surface area contributed by atoms with Crippen molar-refractivity contribution in [3.05, 3.63) is 71.8 Å². The van der Waals surface area contributed by atoms with Crippen molar-refractivity contribution in [3.8, 4) is 0 Å². The van der Waals surface area contributed by atoms with E-state index in [9.17, 15) is 15.0 Å². The third-order valence-electron chi connectivity index (χ3n) is 6.52. The first-order valence-corrected chi connectivity index (χ1v) is 11.6. The van der Waals surface area contributed by atoms with Crippen LogP contribution < -0.4 is 10.6 Å². The molecule has 6 heteroatoms. The molecule has 0 radical (unpaired) electrons. The summed E-state index contributed by atoms with van der Waals surface area (Å²) < 4.78 is 15.1. The average Bonchev–Trinajstić information content (AvgIpc) is 2.82. The monoisotopic (exact) mass is 442 g/mol. The van der Waals surface area contributed by atoms with Crippen LogP contribution in [-0.4, -0.2) is 41.4 Å². The third kappa shape index (κ3) is 6.37. The van der Waals surface area contributed by atoms with Crippen LogP contribution in [0.5, 0.6) is 0 Å². The van der Waals surface area contributed by atoms with Crippen molar-refractivity contribution < 1.29 is 19.4 Å². The molecule has 5 nitrogen and oxygen atoms in total. The Morgan fingerprint density at radius 1 is 0.969 bits per heavy atom. The Morgan fingerprint density at radius 2 is 1.47 bits per heavy atom. The van der Waals surface area contributed by atoms with Crippen molar-refractivity contribution in [1.29, 1.82) is 0 Å². The maximum Gasteiger partial charge on any atom is 0.237 e. The summed E-state index contributed by atoms with van der Waals surface area (Å²) in [6, 6.07) is 18.3. The molecule has 2 aromatic rings. The number of rotatable bonds is 10. The molecule has 6 atom stereocenters. The zero-order valence-corrected chi connectivity index (χ0v) is 18.7. The normalized spacial score (nSPS) is 25.1. The van der Waals surface area contributed by atoms with Gasteiger partial charge in [-0.1, -0.05) is 60.7 Å². The molecule has 3 rings (SSSR count). The lowest BCUT2D eigenvalue weighted by atomic mass is 9.73. The highest BCUT2D eigenvalue weighted by Gasteiger charge is 2.42. The molecule has 2 unspecified atom stereocenters. The van der Waals surface area contributed by atoms with Crippen LogP contribution >= 0.6 is 0 Å². The summed E-state index contributed by atoms with van der Waals surface area (Å²) in [6.07, 6.45) is -0.592. The Labute approximate surface area is 190 Å². The topological polar surface area (TPSA) is 81.6 Å². The molecule has 4 N–H and O–H groups in total. The molecule has 2 aromatic carbocycles. The number of hydrogen-bond donors (Lipinski definition) is 4. The Bertz CT molecular complexity index is 820. The zero-order chi connectivity index (χ0) is 22.9. The molecule has 0 saturated carbocycles. The first kappa shape index (κ1) is 24.4. The van der Waals surface area contributed by atoms with Crippen molar-refractivity contribution in [3.63, 3.8) is 0 Å². The van der Waals surface area contributed by atoms with Crippen LogP contribution in [0.25, 0.3) is 0 Å². The molecule has 0 spiro atoms. The minimum Gasteiger partial charge on any atom is -0.388 e. The van der Waals surface area contributed by atoms with Gasteiger partial charge in [-0.05, 0) is 55.6 Å². The maximum atomic E-state index is 15.1. The van der Waals surface area contributed by atoms with Gasteiger partial charge in [0.1, 0.15) is 6.17 Å². The fraction of sp³-hybridized carbons (Fsp3) is 0.500. The standard InChI is InChI=1S/C26H35FN2O3/c1-2-28-26(32)25-21(14-16-24(31)19-11-7-4-8-12-19)20(22(27)17-29-25)13-15-23(30)18-9-5-3-6-10-18/h3-12,20-25,29-31H,2,13-17H2,1H3,(H,28,32)/t20-,21-,22+,23?,24?,25+/m1/s1. The Morgan fingerprint density at radius 3 is 1.97 bits per heavy atom. The molecule has 0 aromatic heterocycles. The van der Waals surface area contributed by atoms with Gasteiger partial charge in [-0.2, -0.15) is 0 Å². The Kier molecular flexibility index (Phi) is 9.21. The van der Waals surface area contributed by atoms with Gasteiger partial charge in [-0.25, -0.2) is 4.39 Å². The van der Waals surface area contributed by atoms with Gasteiger partial charge in [0.2, 0.25) is 5.91 Å². The van der Waals surface area contributed by atoms with Crippen molar-refractivity contribution >= 4 is 5.91 Å². The molecule has 1 heterocycles. The fourth-order valence-corrected chi connectivity index (χ4v) is 4.79.